The van der Waals surface area contributed by atoms with E-state index in [0.717, 1.165) is 6.92 Å². The molecule has 1 aliphatic carbocycles. The van der Waals surface area contributed by atoms with E-state index in [1.807, 2.05) is 0 Å². The Balaban J connectivity index is 1.65. The number of rotatable bonds is 3. The summed E-state index contributed by atoms with van der Waals surface area (Å²) in [6, 6.07) is 12.6. The lowest BCUT2D eigenvalue weighted by molar-refractivity contribution is 0.0174. The van der Waals surface area contributed by atoms with Gasteiger partial charge in [0.15, 0.2) is 11.6 Å². The molecule has 0 N–H and O–H groups in total. The number of hydrogen-bond acceptors (Lipinski definition) is 2. The summed E-state index contributed by atoms with van der Waals surface area (Å²) >= 11 is 0. The maximum atomic E-state index is 13.2. The highest BCUT2D eigenvalue weighted by atomic mass is 19.3. The molecule has 2 aromatic rings. The number of alkyl halides is 2. The van der Waals surface area contributed by atoms with Gasteiger partial charge >= 0.3 is 0 Å². The lowest BCUT2D eigenvalue weighted by Crippen LogP contribution is -2.16. The van der Waals surface area contributed by atoms with Gasteiger partial charge in [-0.05, 0) is 24.6 Å². The molecule has 0 atom stereocenters. The van der Waals surface area contributed by atoms with Crippen molar-refractivity contribution in [2.75, 3.05) is 0 Å². The molecule has 130 valence electrons. The van der Waals surface area contributed by atoms with E-state index in [1.165, 1.54) is 18.2 Å². The average Bonchev–Trinajstić information content (AvgIpc) is 2.62. The van der Waals surface area contributed by atoms with Crippen molar-refractivity contribution in [1.82, 2.24) is 0 Å². The van der Waals surface area contributed by atoms with Crippen LogP contribution in [0.1, 0.15) is 51.6 Å². The minimum atomic E-state index is -2.87. The van der Waals surface area contributed by atoms with Crippen LogP contribution in [0.4, 0.5) is 8.78 Å². The second-order valence-corrected chi connectivity index (χ2v) is 6.18. The Morgan fingerprint density at radius 3 is 2.27 bits per heavy atom. The van der Waals surface area contributed by atoms with Crippen LogP contribution in [0.5, 0.6) is 0 Å². The van der Waals surface area contributed by atoms with Crippen LogP contribution in [0.3, 0.4) is 0 Å². The predicted molar refractivity (Wildman–Crippen MR) is 95.3 cm³/mol. The third kappa shape index (κ3) is 3.78. The molecule has 0 fully saturated rings. The van der Waals surface area contributed by atoms with Crippen molar-refractivity contribution in [1.29, 1.82) is 0 Å². The maximum Gasteiger partial charge on any atom is 0.270 e. The number of Topliss-reactive ketones (excluding diaryl/α,β-unsaturated/α-hetero) is 1. The molecule has 0 unspecified atom stereocenters. The zero-order valence-electron chi connectivity index (χ0n) is 14.2. The molecule has 0 aromatic heterocycles. The third-order valence-electron chi connectivity index (χ3n) is 4.18. The molecule has 0 radical (unpaired) electrons. The number of fused-ring (bicyclic) bond motifs is 1. The van der Waals surface area contributed by atoms with Crippen molar-refractivity contribution in [2.24, 2.45) is 0 Å². The fourth-order valence-electron chi connectivity index (χ4n) is 2.76. The molecule has 0 saturated heterocycles. The molecular weight excluding hydrogens is 334 g/mol. The SMILES string of the molecule is CC(F)(F)c1ccc(C#CCCC2=CC(=O)c3ccccc3C2=O)cc1. The highest BCUT2D eigenvalue weighted by Crippen LogP contribution is 2.27. The first-order valence-corrected chi connectivity index (χ1v) is 8.22. The smallest absolute Gasteiger partial charge is 0.270 e. The van der Waals surface area contributed by atoms with E-state index in [9.17, 15) is 18.4 Å². The van der Waals surface area contributed by atoms with Gasteiger partial charge in [-0.3, -0.25) is 9.59 Å². The van der Waals surface area contributed by atoms with Crippen molar-refractivity contribution in [3.8, 4) is 11.8 Å². The number of ketones is 2. The molecule has 0 bridgehead atoms. The molecule has 0 aliphatic heterocycles. The second-order valence-electron chi connectivity index (χ2n) is 6.18. The van der Waals surface area contributed by atoms with E-state index in [2.05, 4.69) is 11.8 Å². The summed E-state index contributed by atoms with van der Waals surface area (Å²) in [5, 5.41) is 0. The van der Waals surface area contributed by atoms with Gasteiger partial charge < -0.3 is 0 Å². The fourth-order valence-corrected chi connectivity index (χ4v) is 2.76. The summed E-state index contributed by atoms with van der Waals surface area (Å²) in [6.45, 7) is 0.849. The largest absolute Gasteiger partial charge is 0.289 e. The number of hydrogen-bond donors (Lipinski definition) is 0. The summed E-state index contributed by atoms with van der Waals surface area (Å²) in [6.07, 6.45) is 2.15. The van der Waals surface area contributed by atoms with Crippen LogP contribution in [-0.2, 0) is 5.92 Å². The number of carbonyl (C=O) groups excluding carboxylic acids is 2. The van der Waals surface area contributed by atoms with Crippen LogP contribution in [0, 0.1) is 11.8 Å². The van der Waals surface area contributed by atoms with E-state index >= 15 is 0 Å². The second kappa shape index (κ2) is 7.05. The van der Waals surface area contributed by atoms with E-state index in [4.69, 9.17) is 0 Å². The minimum Gasteiger partial charge on any atom is -0.289 e. The average molecular weight is 350 g/mol. The number of halogens is 2. The fraction of sp³-hybridized carbons (Fsp3) is 0.182. The highest BCUT2D eigenvalue weighted by molar-refractivity contribution is 6.24. The van der Waals surface area contributed by atoms with E-state index in [1.54, 1.807) is 36.4 Å². The first kappa shape index (κ1) is 17.8. The molecule has 3 rings (SSSR count). The van der Waals surface area contributed by atoms with Gasteiger partial charge in [-0.2, -0.15) is 0 Å². The first-order valence-electron chi connectivity index (χ1n) is 8.22. The summed E-state index contributed by atoms with van der Waals surface area (Å²) in [5.41, 5.74) is 1.88. The lowest BCUT2D eigenvalue weighted by Gasteiger charge is -2.13. The Morgan fingerprint density at radius 1 is 0.962 bits per heavy atom. The number of allylic oxidation sites excluding steroid dienone is 2. The zero-order chi connectivity index (χ0) is 18.7. The molecule has 2 nitrogen and oxygen atoms in total. The Labute approximate surface area is 150 Å². The summed E-state index contributed by atoms with van der Waals surface area (Å²) in [4.78, 5) is 24.5. The molecule has 0 saturated carbocycles. The van der Waals surface area contributed by atoms with Crippen molar-refractivity contribution in [3.63, 3.8) is 0 Å². The van der Waals surface area contributed by atoms with Gasteiger partial charge in [-0.15, -0.1) is 0 Å². The molecule has 0 spiro atoms. The van der Waals surface area contributed by atoms with Gasteiger partial charge in [0.1, 0.15) is 0 Å². The first-order chi connectivity index (χ1) is 12.4. The van der Waals surface area contributed by atoms with Crippen LogP contribution in [0.2, 0.25) is 0 Å². The van der Waals surface area contributed by atoms with Crippen molar-refractivity contribution < 1.29 is 18.4 Å². The molecule has 0 amide bonds. The minimum absolute atomic E-state index is 0.0572. The number of benzene rings is 2. The Morgan fingerprint density at radius 2 is 1.62 bits per heavy atom. The lowest BCUT2D eigenvalue weighted by atomic mass is 9.88. The zero-order valence-corrected chi connectivity index (χ0v) is 14.2. The van der Waals surface area contributed by atoms with Gasteiger partial charge in [0.25, 0.3) is 5.92 Å². The van der Waals surface area contributed by atoms with Crippen molar-refractivity contribution >= 4 is 11.6 Å². The van der Waals surface area contributed by atoms with Crippen LogP contribution in [-0.4, -0.2) is 11.6 Å². The monoisotopic (exact) mass is 350 g/mol. The van der Waals surface area contributed by atoms with Crippen LogP contribution in [0.25, 0.3) is 0 Å². The highest BCUT2D eigenvalue weighted by Gasteiger charge is 2.24. The van der Waals surface area contributed by atoms with Crippen LogP contribution >= 0.6 is 0 Å². The van der Waals surface area contributed by atoms with Gasteiger partial charge in [0, 0.05) is 41.2 Å². The molecule has 2 aromatic carbocycles. The van der Waals surface area contributed by atoms with Crippen LogP contribution in [0.15, 0.2) is 60.2 Å². The van der Waals surface area contributed by atoms with Crippen molar-refractivity contribution in [3.05, 3.63) is 82.4 Å². The van der Waals surface area contributed by atoms with Gasteiger partial charge in [-0.1, -0.05) is 48.2 Å². The quantitative estimate of drug-likeness (QED) is 0.735. The number of carbonyl (C=O) groups is 2. The molecule has 4 heteroatoms. The van der Waals surface area contributed by atoms with E-state index in [-0.39, 0.29) is 17.1 Å². The molecule has 26 heavy (non-hydrogen) atoms. The Hall–Kier alpha value is -3.06. The Bertz CT molecular complexity index is 952. The van der Waals surface area contributed by atoms with Gasteiger partial charge in [-0.25, -0.2) is 8.78 Å². The molecule has 1 aliphatic rings. The van der Waals surface area contributed by atoms with Gasteiger partial charge in [0.2, 0.25) is 0 Å². The van der Waals surface area contributed by atoms with Crippen molar-refractivity contribution in [2.45, 2.75) is 25.7 Å². The van der Waals surface area contributed by atoms with E-state index < -0.39 is 5.92 Å². The predicted octanol–water partition coefficient (Wildman–Crippen LogP) is 4.94. The standard InChI is InChI=1S/C22H16F2O2/c1-22(23,24)17-12-10-15(11-13-17)6-2-3-7-16-14-20(25)18-8-4-5-9-19(18)21(16)26/h4-5,8-14H,3,7H2,1H3. The van der Waals surface area contributed by atoms with Gasteiger partial charge in [0.05, 0.1) is 0 Å². The van der Waals surface area contributed by atoms with Crippen LogP contribution < -0.4 is 0 Å². The van der Waals surface area contributed by atoms with E-state index in [0.29, 0.717) is 35.1 Å². The summed E-state index contributed by atoms with van der Waals surface area (Å²) in [5.74, 6) is 2.63. The molecular formula is C22H16F2O2. The normalized spacial score (nSPS) is 13.6. The summed E-state index contributed by atoms with van der Waals surface area (Å²) < 4.78 is 26.3. The topological polar surface area (TPSA) is 34.1 Å². The maximum absolute atomic E-state index is 13.2. The Kier molecular flexibility index (Phi) is 4.81. The molecule has 0 heterocycles. The third-order valence-corrected chi connectivity index (χ3v) is 4.18. The summed E-state index contributed by atoms with van der Waals surface area (Å²) in [7, 11) is 0.